The molecule has 0 aliphatic heterocycles. The number of carbonyl (C=O) groups excluding carboxylic acids is 2. The first-order valence-electron chi connectivity index (χ1n) is 7.24. The van der Waals surface area contributed by atoms with Crippen molar-refractivity contribution < 1.29 is 19.2 Å². The van der Waals surface area contributed by atoms with Gasteiger partial charge >= 0.3 is 5.97 Å². The summed E-state index contributed by atoms with van der Waals surface area (Å²) in [5.74, 6) is -0.825. The van der Waals surface area contributed by atoms with Gasteiger partial charge in [0.15, 0.2) is 0 Å². The molecular formula is C17H16N2O5. The van der Waals surface area contributed by atoms with Crippen molar-refractivity contribution in [2.45, 2.75) is 13.8 Å². The van der Waals surface area contributed by atoms with Crippen molar-refractivity contribution in [2.24, 2.45) is 5.92 Å². The number of carbonyl (C=O) groups is 2. The summed E-state index contributed by atoms with van der Waals surface area (Å²) in [6.07, 6.45) is 0. The number of amides is 1. The van der Waals surface area contributed by atoms with Crippen LogP contribution in [-0.2, 0) is 4.79 Å². The minimum Gasteiger partial charge on any atom is -0.423 e. The zero-order valence-corrected chi connectivity index (χ0v) is 13.2. The molecule has 7 heteroatoms. The fraction of sp³-hybridized carbons (Fsp3) is 0.176. The molecule has 2 aromatic rings. The number of nitro benzene ring substituents is 1. The van der Waals surface area contributed by atoms with Crippen LogP contribution in [-0.4, -0.2) is 16.8 Å². The van der Waals surface area contributed by atoms with E-state index >= 15 is 0 Å². The quantitative estimate of drug-likeness (QED) is 0.392. The van der Waals surface area contributed by atoms with Gasteiger partial charge in [0.25, 0.3) is 5.69 Å². The monoisotopic (exact) mass is 328 g/mol. The van der Waals surface area contributed by atoms with E-state index in [1.165, 1.54) is 36.4 Å². The van der Waals surface area contributed by atoms with Gasteiger partial charge in [-0.2, -0.15) is 0 Å². The highest BCUT2D eigenvalue weighted by Gasteiger charge is 2.13. The Morgan fingerprint density at radius 3 is 2.38 bits per heavy atom. The summed E-state index contributed by atoms with van der Waals surface area (Å²) in [4.78, 5) is 33.8. The number of hydrogen-bond donors (Lipinski definition) is 1. The zero-order valence-electron chi connectivity index (χ0n) is 13.2. The van der Waals surface area contributed by atoms with E-state index in [-0.39, 0.29) is 28.8 Å². The lowest BCUT2D eigenvalue weighted by molar-refractivity contribution is -0.384. The van der Waals surface area contributed by atoms with E-state index in [0.29, 0.717) is 5.69 Å². The molecule has 0 aromatic heterocycles. The summed E-state index contributed by atoms with van der Waals surface area (Å²) in [5.41, 5.74) is 0.677. The highest BCUT2D eigenvalue weighted by Crippen LogP contribution is 2.20. The molecule has 0 aliphatic rings. The zero-order chi connectivity index (χ0) is 17.7. The molecule has 124 valence electrons. The Labute approximate surface area is 138 Å². The van der Waals surface area contributed by atoms with Crippen LogP contribution in [0.5, 0.6) is 5.75 Å². The molecule has 2 aromatic carbocycles. The van der Waals surface area contributed by atoms with Crippen molar-refractivity contribution in [3.05, 3.63) is 64.2 Å². The van der Waals surface area contributed by atoms with Crippen molar-refractivity contribution in [1.82, 2.24) is 0 Å². The minimum absolute atomic E-state index is 0.0892. The average molecular weight is 328 g/mol. The Bertz CT molecular complexity index is 769. The third-order valence-electron chi connectivity index (χ3n) is 3.15. The fourth-order valence-electron chi connectivity index (χ4n) is 1.80. The van der Waals surface area contributed by atoms with Crippen LogP contribution in [0, 0.1) is 16.0 Å². The largest absolute Gasteiger partial charge is 0.423 e. The predicted octanol–water partition coefficient (Wildman–Crippen LogP) is 3.41. The lowest BCUT2D eigenvalue weighted by Gasteiger charge is -2.08. The van der Waals surface area contributed by atoms with Crippen LogP contribution in [0.4, 0.5) is 11.4 Å². The Kier molecular flexibility index (Phi) is 5.26. The summed E-state index contributed by atoms with van der Waals surface area (Å²) in [6, 6.07) is 11.6. The van der Waals surface area contributed by atoms with E-state index in [1.54, 1.807) is 26.0 Å². The molecule has 0 radical (unpaired) electrons. The Morgan fingerprint density at radius 2 is 1.79 bits per heavy atom. The normalized spacial score (nSPS) is 10.3. The number of nitro groups is 1. The van der Waals surface area contributed by atoms with Gasteiger partial charge < -0.3 is 10.1 Å². The molecule has 0 atom stereocenters. The first-order chi connectivity index (χ1) is 11.4. The van der Waals surface area contributed by atoms with Gasteiger partial charge in [-0.05, 0) is 30.3 Å². The molecule has 1 N–H and O–H groups in total. The third kappa shape index (κ3) is 4.39. The number of non-ortho nitro benzene ring substituents is 1. The number of nitrogens with zero attached hydrogens (tertiary/aromatic N) is 1. The molecule has 0 aliphatic carbocycles. The second-order valence-electron chi connectivity index (χ2n) is 5.37. The highest BCUT2D eigenvalue weighted by atomic mass is 16.6. The van der Waals surface area contributed by atoms with Gasteiger partial charge in [0.2, 0.25) is 5.91 Å². The summed E-state index contributed by atoms with van der Waals surface area (Å²) in [5, 5.41) is 13.4. The van der Waals surface area contributed by atoms with E-state index < -0.39 is 10.9 Å². The topological polar surface area (TPSA) is 98.5 Å². The Balaban J connectivity index is 2.06. The number of ether oxygens (including phenoxy) is 1. The van der Waals surface area contributed by atoms with Gasteiger partial charge in [-0.1, -0.05) is 19.9 Å². The lowest BCUT2D eigenvalue weighted by Crippen LogP contribution is -2.17. The van der Waals surface area contributed by atoms with Crippen molar-refractivity contribution >= 4 is 23.3 Å². The molecule has 0 saturated heterocycles. The number of esters is 1. The molecule has 0 spiro atoms. The van der Waals surface area contributed by atoms with Crippen molar-refractivity contribution in [3.8, 4) is 5.75 Å². The molecule has 24 heavy (non-hydrogen) atoms. The van der Waals surface area contributed by atoms with Crippen molar-refractivity contribution in [2.75, 3.05) is 5.32 Å². The van der Waals surface area contributed by atoms with Gasteiger partial charge in [0.1, 0.15) is 5.75 Å². The maximum absolute atomic E-state index is 12.1. The standard InChI is InChI=1S/C17H16N2O5/c1-11(2)16(20)18-13-8-6-12(7-9-13)17(21)24-15-5-3-4-14(10-15)19(22)23/h3-11H,1-2H3,(H,18,20). The molecular weight excluding hydrogens is 312 g/mol. The van der Waals surface area contributed by atoms with Crippen LogP contribution >= 0.6 is 0 Å². The smallest absolute Gasteiger partial charge is 0.343 e. The molecule has 0 fully saturated rings. The summed E-state index contributed by atoms with van der Waals surface area (Å²) < 4.78 is 5.12. The van der Waals surface area contributed by atoms with Gasteiger partial charge in [-0.15, -0.1) is 0 Å². The maximum Gasteiger partial charge on any atom is 0.343 e. The number of hydrogen-bond acceptors (Lipinski definition) is 5. The molecule has 7 nitrogen and oxygen atoms in total. The van der Waals surface area contributed by atoms with Crippen LogP contribution < -0.4 is 10.1 Å². The third-order valence-corrected chi connectivity index (χ3v) is 3.15. The van der Waals surface area contributed by atoms with E-state index in [0.717, 1.165) is 0 Å². The number of benzene rings is 2. The van der Waals surface area contributed by atoms with Crippen LogP contribution in [0.15, 0.2) is 48.5 Å². The molecule has 2 rings (SSSR count). The van der Waals surface area contributed by atoms with Gasteiger partial charge in [0.05, 0.1) is 16.6 Å². The van der Waals surface area contributed by atoms with E-state index in [9.17, 15) is 19.7 Å². The maximum atomic E-state index is 12.1. The Morgan fingerprint density at radius 1 is 1.12 bits per heavy atom. The van der Waals surface area contributed by atoms with Crippen LogP contribution in [0.2, 0.25) is 0 Å². The van der Waals surface area contributed by atoms with E-state index in [4.69, 9.17) is 4.74 Å². The first-order valence-corrected chi connectivity index (χ1v) is 7.24. The fourth-order valence-corrected chi connectivity index (χ4v) is 1.80. The average Bonchev–Trinajstić information content (AvgIpc) is 2.55. The Hall–Kier alpha value is -3.22. The molecule has 0 unspecified atom stereocenters. The SMILES string of the molecule is CC(C)C(=O)Nc1ccc(C(=O)Oc2cccc([N+](=O)[O-])c2)cc1. The molecule has 0 heterocycles. The van der Waals surface area contributed by atoms with Crippen LogP contribution in [0.25, 0.3) is 0 Å². The van der Waals surface area contributed by atoms with Crippen LogP contribution in [0.1, 0.15) is 24.2 Å². The summed E-state index contributed by atoms with van der Waals surface area (Å²) in [6.45, 7) is 3.56. The number of anilines is 1. The van der Waals surface area contributed by atoms with Crippen molar-refractivity contribution in [1.29, 1.82) is 0 Å². The van der Waals surface area contributed by atoms with Gasteiger partial charge in [0, 0.05) is 17.7 Å². The summed E-state index contributed by atoms with van der Waals surface area (Å²) in [7, 11) is 0. The lowest BCUT2D eigenvalue weighted by atomic mass is 10.1. The van der Waals surface area contributed by atoms with E-state index in [1.807, 2.05) is 0 Å². The van der Waals surface area contributed by atoms with Gasteiger partial charge in [-0.3, -0.25) is 14.9 Å². The van der Waals surface area contributed by atoms with Crippen LogP contribution in [0.3, 0.4) is 0 Å². The van der Waals surface area contributed by atoms with Gasteiger partial charge in [-0.25, -0.2) is 4.79 Å². The highest BCUT2D eigenvalue weighted by molar-refractivity contribution is 5.94. The molecule has 1 amide bonds. The second-order valence-corrected chi connectivity index (χ2v) is 5.37. The minimum atomic E-state index is -0.641. The van der Waals surface area contributed by atoms with E-state index in [2.05, 4.69) is 5.32 Å². The van der Waals surface area contributed by atoms with Crippen molar-refractivity contribution in [3.63, 3.8) is 0 Å². The predicted molar refractivity (Wildman–Crippen MR) is 88.0 cm³/mol. The number of rotatable bonds is 5. The molecule has 0 saturated carbocycles. The molecule has 0 bridgehead atoms. The summed E-state index contributed by atoms with van der Waals surface area (Å²) >= 11 is 0. The number of nitrogens with one attached hydrogen (secondary N) is 1. The second kappa shape index (κ2) is 7.36. The first kappa shape index (κ1) is 17.1.